The lowest BCUT2D eigenvalue weighted by Crippen LogP contribution is -2.28. The average Bonchev–Trinajstić information content (AvgIpc) is 3.05. The van der Waals surface area contributed by atoms with E-state index in [0.29, 0.717) is 17.7 Å². The van der Waals surface area contributed by atoms with E-state index in [4.69, 9.17) is 0 Å². The second kappa shape index (κ2) is 9.61. The minimum atomic E-state index is -0.867. The number of Topliss-reactive ketones (excluding diaryl/α,β-unsaturated/α-hetero) is 1. The summed E-state index contributed by atoms with van der Waals surface area (Å²) >= 11 is 0. The molecule has 1 heterocycles. The number of aryl methyl sites for hydroxylation is 1. The van der Waals surface area contributed by atoms with E-state index < -0.39 is 29.3 Å². The molecule has 1 amide bonds. The van der Waals surface area contributed by atoms with E-state index in [2.05, 4.69) is 0 Å². The van der Waals surface area contributed by atoms with Gasteiger partial charge in [0.15, 0.2) is 0 Å². The van der Waals surface area contributed by atoms with Crippen LogP contribution in [0.3, 0.4) is 0 Å². The van der Waals surface area contributed by atoms with Crippen LogP contribution < -0.4 is 0 Å². The van der Waals surface area contributed by atoms with Crippen molar-refractivity contribution in [1.29, 1.82) is 0 Å². The number of carbonyl (C=O) groups is 2. The van der Waals surface area contributed by atoms with Crippen LogP contribution in [0.2, 0.25) is 0 Å². The lowest BCUT2D eigenvalue weighted by molar-refractivity contribution is -0.134. The van der Waals surface area contributed by atoms with Gasteiger partial charge in [-0.3, -0.25) is 9.59 Å². The number of hydrogen-bond donors (Lipinski definition) is 0. The summed E-state index contributed by atoms with van der Waals surface area (Å²) in [6, 6.07) is 17.4. The van der Waals surface area contributed by atoms with Gasteiger partial charge in [-0.25, -0.2) is 13.2 Å². The number of halogens is 3. The van der Waals surface area contributed by atoms with E-state index in [1.807, 2.05) is 30.3 Å². The quantitative estimate of drug-likeness (QED) is 0.485. The minimum Gasteiger partial charge on any atom is -0.337 e. The number of benzene rings is 3. The van der Waals surface area contributed by atoms with Crippen LogP contribution in [0.25, 0.3) is 0 Å². The molecule has 3 aromatic carbocycles. The molecule has 0 spiro atoms. The van der Waals surface area contributed by atoms with E-state index in [1.54, 1.807) is 11.8 Å². The molecular formula is C27H24F3NO2. The number of amides is 1. The molecular weight excluding hydrogens is 427 g/mol. The van der Waals surface area contributed by atoms with Crippen molar-refractivity contribution in [2.75, 3.05) is 6.54 Å². The maximum Gasteiger partial charge on any atom is 0.227 e. The summed E-state index contributed by atoms with van der Waals surface area (Å²) in [5.41, 5.74) is 1.82. The Kier molecular flexibility index (Phi) is 6.63. The molecule has 0 radical (unpaired) electrons. The Labute approximate surface area is 190 Å². The van der Waals surface area contributed by atoms with Crippen molar-refractivity contribution in [1.82, 2.24) is 4.90 Å². The third-order valence-corrected chi connectivity index (χ3v) is 6.10. The third kappa shape index (κ3) is 5.16. The summed E-state index contributed by atoms with van der Waals surface area (Å²) in [4.78, 5) is 27.7. The Hall–Kier alpha value is -3.41. The Balaban J connectivity index is 1.61. The van der Waals surface area contributed by atoms with Crippen LogP contribution in [0.1, 0.15) is 34.6 Å². The normalized spacial score (nSPS) is 18.1. The zero-order chi connectivity index (χ0) is 23.5. The molecule has 2 atom stereocenters. The molecule has 3 nitrogen and oxygen atoms in total. The minimum absolute atomic E-state index is 0.0222. The van der Waals surface area contributed by atoms with Crippen molar-refractivity contribution < 1.29 is 22.8 Å². The SMILES string of the molecule is Cc1cc(F)c([C@@H]2CN(Cc3ccccc3)C(=O)[C@H]2CC(=O)Cc2ccc(F)cc2)c(F)c1. The third-order valence-electron chi connectivity index (χ3n) is 6.10. The van der Waals surface area contributed by atoms with Crippen molar-refractivity contribution in [3.63, 3.8) is 0 Å². The number of likely N-dealkylation sites (tertiary alicyclic amines) is 1. The Morgan fingerprint density at radius 1 is 0.939 bits per heavy atom. The van der Waals surface area contributed by atoms with Gasteiger partial charge in [0.2, 0.25) is 5.91 Å². The monoisotopic (exact) mass is 451 g/mol. The van der Waals surface area contributed by atoms with Gasteiger partial charge in [-0.1, -0.05) is 42.5 Å². The highest BCUT2D eigenvalue weighted by Gasteiger charge is 2.44. The van der Waals surface area contributed by atoms with E-state index in [-0.39, 0.29) is 36.6 Å². The van der Waals surface area contributed by atoms with Gasteiger partial charge in [0.05, 0.1) is 5.92 Å². The summed E-state index contributed by atoms with van der Waals surface area (Å²) < 4.78 is 42.9. The first-order chi connectivity index (χ1) is 15.8. The zero-order valence-electron chi connectivity index (χ0n) is 18.2. The van der Waals surface area contributed by atoms with Gasteiger partial charge in [-0.15, -0.1) is 0 Å². The molecule has 0 aromatic heterocycles. The van der Waals surface area contributed by atoms with Crippen LogP contribution in [0, 0.1) is 30.3 Å². The zero-order valence-corrected chi connectivity index (χ0v) is 18.2. The molecule has 0 bridgehead atoms. The van der Waals surface area contributed by atoms with Crippen LogP contribution in [-0.4, -0.2) is 23.1 Å². The Morgan fingerprint density at radius 3 is 2.21 bits per heavy atom. The van der Waals surface area contributed by atoms with Gasteiger partial charge in [0.25, 0.3) is 0 Å². The highest BCUT2D eigenvalue weighted by Crippen LogP contribution is 2.39. The molecule has 0 aliphatic carbocycles. The van der Waals surface area contributed by atoms with Gasteiger partial charge in [-0.05, 0) is 47.9 Å². The smallest absolute Gasteiger partial charge is 0.227 e. The first-order valence-corrected chi connectivity index (χ1v) is 10.9. The van der Waals surface area contributed by atoms with Crippen LogP contribution in [-0.2, 0) is 22.6 Å². The van der Waals surface area contributed by atoms with Crippen LogP contribution in [0.15, 0.2) is 66.7 Å². The second-order valence-corrected chi connectivity index (χ2v) is 8.61. The fraction of sp³-hybridized carbons (Fsp3) is 0.259. The van der Waals surface area contributed by atoms with Gasteiger partial charge >= 0.3 is 0 Å². The first kappa shape index (κ1) is 22.8. The van der Waals surface area contributed by atoms with E-state index in [9.17, 15) is 22.8 Å². The standard InChI is InChI=1S/C27H24F3NO2/c1-17-11-24(29)26(25(30)12-17)23-16-31(15-19-5-3-2-4-6-19)27(33)22(23)14-21(32)13-18-7-9-20(28)10-8-18/h2-12,22-23H,13-16H2,1H3/t22-,23+/m0/s1. The molecule has 4 rings (SSSR count). The average molecular weight is 451 g/mol. The Morgan fingerprint density at radius 2 is 1.58 bits per heavy atom. The van der Waals surface area contributed by atoms with Gasteiger partial charge in [-0.2, -0.15) is 0 Å². The maximum absolute atomic E-state index is 14.8. The number of hydrogen-bond acceptors (Lipinski definition) is 2. The second-order valence-electron chi connectivity index (χ2n) is 8.61. The molecule has 1 aliphatic rings. The van der Waals surface area contributed by atoms with Crippen molar-refractivity contribution in [3.8, 4) is 0 Å². The predicted molar refractivity (Wildman–Crippen MR) is 119 cm³/mol. The molecule has 6 heteroatoms. The molecule has 170 valence electrons. The molecule has 1 fully saturated rings. The molecule has 0 saturated carbocycles. The molecule has 0 N–H and O–H groups in total. The summed E-state index contributed by atoms with van der Waals surface area (Å²) in [6.45, 7) is 2.02. The first-order valence-electron chi connectivity index (χ1n) is 10.9. The van der Waals surface area contributed by atoms with Crippen molar-refractivity contribution >= 4 is 11.7 Å². The molecule has 3 aromatic rings. The van der Waals surface area contributed by atoms with Crippen molar-refractivity contribution in [2.45, 2.75) is 32.2 Å². The molecule has 1 saturated heterocycles. The Bertz CT molecular complexity index is 1140. The maximum atomic E-state index is 14.8. The van der Waals surface area contributed by atoms with E-state index in [0.717, 1.165) is 5.56 Å². The highest BCUT2D eigenvalue weighted by molar-refractivity contribution is 5.90. The molecule has 33 heavy (non-hydrogen) atoms. The van der Waals surface area contributed by atoms with E-state index >= 15 is 0 Å². The summed E-state index contributed by atoms with van der Waals surface area (Å²) in [7, 11) is 0. The topological polar surface area (TPSA) is 37.4 Å². The van der Waals surface area contributed by atoms with Gasteiger partial charge in [0, 0.05) is 37.4 Å². The van der Waals surface area contributed by atoms with Gasteiger partial charge in [0.1, 0.15) is 23.2 Å². The number of rotatable bonds is 7. The molecule has 0 unspecified atom stereocenters. The van der Waals surface area contributed by atoms with Crippen LogP contribution in [0.5, 0.6) is 0 Å². The fourth-order valence-corrected chi connectivity index (χ4v) is 4.54. The summed E-state index contributed by atoms with van der Waals surface area (Å²) in [5, 5.41) is 0. The number of carbonyl (C=O) groups excluding carboxylic acids is 2. The summed E-state index contributed by atoms with van der Waals surface area (Å²) in [6.07, 6.45) is -0.118. The van der Waals surface area contributed by atoms with Crippen molar-refractivity contribution in [3.05, 3.63) is 106 Å². The molecule has 1 aliphatic heterocycles. The van der Waals surface area contributed by atoms with Crippen LogP contribution in [0.4, 0.5) is 13.2 Å². The van der Waals surface area contributed by atoms with Crippen molar-refractivity contribution in [2.24, 2.45) is 5.92 Å². The lowest BCUT2D eigenvalue weighted by Gasteiger charge is -2.18. The largest absolute Gasteiger partial charge is 0.337 e. The van der Waals surface area contributed by atoms with Gasteiger partial charge < -0.3 is 4.90 Å². The predicted octanol–water partition coefficient (Wildman–Crippen LogP) is 5.36. The lowest BCUT2D eigenvalue weighted by atomic mass is 9.83. The summed E-state index contributed by atoms with van der Waals surface area (Å²) in [5.74, 6) is -3.99. The van der Waals surface area contributed by atoms with E-state index in [1.165, 1.54) is 36.4 Å². The fourth-order valence-electron chi connectivity index (χ4n) is 4.54. The van der Waals surface area contributed by atoms with Crippen LogP contribution >= 0.6 is 0 Å². The number of nitrogens with zero attached hydrogens (tertiary/aromatic N) is 1. The highest BCUT2D eigenvalue weighted by atomic mass is 19.1. The number of ketones is 1.